The molecule has 0 saturated carbocycles. The van der Waals surface area contributed by atoms with Crippen LogP contribution in [0.4, 0.5) is 17.6 Å². The van der Waals surface area contributed by atoms with E-state index in [-0.39, 0.29) is 35.8 Å². The summed E-state index contributed by atoms with van der Waals surface area (Å²) >= 11 is 0. The van der Waals surface area contributed by atoms with Gasteiger partial charge in [-0.15, -0.1) is 0 Å². The number of hydrogen-bond donors (Lipinski definition) is 0. The van der Waals surface area contributed by atoms with E-state index in [1.807, 2.05) is 4.90 Å². The van der Waals surface area contributed by atoms with Crippen LogP contribution >= 0.6 is 0 Å². The van der Waals surface area contributed by atoms with Crippen LogP contribution < -0.4 is 19.6 Å². The van der Waals surface area contributed by atoms with Crippen molar-refractivity contribution < 1.29 is 36.2 Å². The Morgan fingerprint density at radius 3 is 2.51 bits per heavy atom. The van der Waals surface area contributed by atoms with Crippen LogP contribution in [0.2, 0.25) is 0 Å². The molecule has 4 aromatic rings. The Kier molecular flexibility index (Phi) is 6.51. The highest BCUT2D eigenvalue weighted by Crippen LogP contribution is 2.41. The highest BCUT2D eigenvalue weighted by atomic mass is 19.4. The molecule has 0 N–H and O–H groups in total. The van der Waals surface area contributed by atoms with Crippen molar-refractivity contribution in [3.63, 3.8) is 0 Å². The maximum Gasteiger partial charge on any atom is 0.453 e. The maximum absolute atomic E-state index is 14.0. The summed E-state index contributed by atoms with van der Waals surface area (Å²) in [4.78, 5) is 15.1. The summed E-state index contributed by atoms with van der Waals surface area (Å²) in [6, 6.07) is 14.9. The van der Waals surface area contributed by atoms with Crippen molar-refractivity contribution in [2.24, 2.45) is 0 Å². The molecule has 0 saturated heterocycles. The fourth-order valence-corrected chi connectivity index (χ4v) is 4.14. The van der Waals surface area contributed by atoms with Crippen molar-refractivity contribution in [1.29, 1.82) is 0 Å². The molecule has 0 aliphatic carbocycles. The second-order valence-corrected chi connectivity index (χ2v) is 8.49. The zero-order chi connectivity index (χ0) is 26.2. The molecule has 0 radical (unpaired) electrons. The smallest absolute Gasteiger partial charge is 0.453 e. The largest absolute Gasteiger partial charge is 0.497 e. The van der Waals surface area contributed by atoms with E-state index in [0.29, 0.717) is 30.0 Å². The molecule has 1 aromatic heterocycles. The fraction of sp³-hybridized carbons (Fsp3) is 0.222. The first-order chi connectivity index (χ1) is 17.7. The molecule has 2 heterocycles. The summed E-state index contributed by atoms with van der Waals surface area (Å²) in [5.74, 6) is -2.16. The highest BCUT2D eigenvalue weighted by molar-refractivity contribution is 5.84. The Labute approximate surface area is 208 Å². The minimum atomic E-state index is -5.00. The average Bonchev–Trinajstić information content (AvgIpc) is 2.89. The van der Waals surface area contributed by atoms with Crippen molar-refractivity contribution >= 4 is 11.0 Å². The van der Waals surface area contributed by atoms with Crippen molar-refractivity contribution in [2.45, 2.75) is 19.1 Å². The molecule has 0 atom stereocenters. The Morgan fingerprint density at radius 2 is 1.78 bits per heavy atom. The van der Waals surface area contributed by atoms with Crippen LogP contribution in [0, 0.1) is 5.82 Å². The van der Waals surface area contributed by atoms with Gasteiger partial charge in [-0.3, -0.25) is 9.69 Å². The third kappa shape index (κ3) is 5.10. The number of benzene rings is 3. The molecule has 3 aromatic carbocycles. The van der Waals surface area contributed by atoms with Gasteiger partial charge >= 0.3 is 6.18 Å². The lowest BCUT2D eigenvalue weighted by molar-refractivity contribution is -0.154. The van der Waals surface area contributed by atoms with Gasteiger partial charge in [-0.05, 0) is 48.4 Å². The van der Waals surface area contributed by atoms with Gasteiger partial charge in [0.15, 0.2) is 0 Å². The van der Waals surface area contributed by atoms with Crippen LogP contribution in [0.3, 0.4) is 0 Å². The van der Waals surface area contributed by atoms with Gasteiger partial charge in [0.1, 0.15) is 35.4 Å². The number of nitrogens with zero attached hydrogens (tertiary/aromatic N) is 1. The fourth-order valence-electron chi connectivity index (χ4n) is 4.14. The van der Waals surface area contributed by atoms with Crippen molar-refractivity contribution in [2.75, 3.05) is 20.4 Å². The molecule has 0 fully saturated rings. The molecular formula is C27H21F4NO5. The summed E-state index contributed by atoms with van der Waals surface area (Å²) in [6.07, 6.45) is -4.43. The van der Waals surface area contributed by atoms with Gasteiger partial charge in [0.25, 0.3) is 5.76 Å². The first-order valence-corrected chi connectivity index (χ1v) is 11.3. The standard InChI is InChI=1S/C27H21F4NO5/c1-34-18-3-2-4-19(13-18)36-25-23(33)20-9-10-22-21(24(20)37-26(25)27(29,30)31)14-32(15-35-22)12-11-16-5-7-17(28)8-6-16/h2-10,13H,11-12,14-15H2,1H3. The Balaban J connectivity index is 1.51. The van der Waals surface area contributed by atoms with E-state index in [9.17, 15) is 22.4 Å². The van der Waals surface area contributed by atoms with Crippen LogP contribution in [0.1, 0.15) is 16.9 Å². The zero-order valence-electron chi connectivity index (χ0n) is 19.6. The SMILES string of the molecule is COc1cccc(Oc2c(C(F)(F)F)oc3c4c(ccc3c2=O)OCN(CCc2ccc(F)cc2)C4)c1. The predicted octanol–water partition coefficient (Wildman–Crippen LogP) is 6.15. The van der Waals surface area contributed by atoms with Crippen molar-refractivity contribution in [3.8, 4) is 23.0 Å². The highest BCUT2D eigenvalue weighted by Gasteiger charge is 2.41. The molecule has 37 heavy (non-hydrogen) atoms. The molecule has 192 valence electrons. The summed E-state index contributed by atoms with van der Waals surface area (Å²) in [5, 5.41) is -0.0615. The van der Waals surface area contributed by atoms with Gasteiger partial charge < -0.3 is 18.6 Å². The number of hydrogen-bond acceptors (Lipinski definition) is 6. The molecule has 10 heteroatoms. The van der Waals surface area contributed by atoms with E-state index in [2.05, 4.69) is 0 Å². The zero-order valence-corrected chi connectivity index (χ0v) is 19.6. The number of ether oxygens (including phenoxy) is 3. The number of fused-ring (bicyclic) bond motifs is 3. The van der Waals surface area contributed by atoms with E-state index in [4.69, 9.17) is 18.6 Å². The van der Waals surface area contributed by atoms with Crippen LogP contribution in [0.25, 0.3) is 11.0 Å². The lowest BCUT2D eigenvalue weighted by atomic mass is 10.1. The second kappa shape index (κ2) is 9.78. The monoisotopic (exact) mass is 515 g/mol. The van der Waals surface area contributed by atoms with Gasteiger partial charge in [-0.25, -0.2) is 4.39 Å². The number of methoxy groups -OCH3 is 1. The quantitative estimate of drug-likeness (QED) is 0.287. The molecule has 0 bridgehead atoms. The first kappa shape index (κ1) is 24.6. The normalized spacial score (nSPS) is 13.8. The summed E-state index contributed by atoms with van der Waals surface area (Å²) in [7, 11) is 1.40. The summed E-state index contributed by atoms with van der Waals surface area (Å²) in [6.45, 7) is 0.895. The van der Waals surface area contributed by atoms with E-state index in [1.54, 1.807) is 18.2 Å². The van der Waals surface area contributed by atoms with Crippen LogP contribution in [0.15, 0.2) is 69.9 Å². The predicted molar refractivity (Wildman–Crippen MR) is 127 cm³/mol. The third-order valence-corrected chi connectivity index (χ3v) is 6.01. The van der Waals surface area contributed by atoms with Crippen molar-refractivity contribution in [1.82, 2.24) is 4.90 Å². The number of rotatable bonds is 6. The molecule has 0 amide bonds. The minimum absolute atomic E-state index is 0.00948. The van der Waals surface area contributed by atoms with Gasteiger partial charge in [0.2, 0.25) is 11.2 Å². The number of halogens is 4. The van der Waals surface area contributed by atoms with E-state index < -0.39 is 23.1 Å². The molecule has 1 aliphatic rings. The second-order valence-electron chi connectivity index (χ2n) is 8.49. The Bertz CT molecular complexity index is 1500. The molecular weight excluding hydrogens is 494 g/mol. The topological polar surface area (TPSA) is 61.1 Å². The van der Waals surface area contributed by atoms with Crippen molar-refractivity contribution in [3.05, 3.63) is 93.6 Å². The Hall–Kier alpha value is -4.05. The molecule has 1 aliphatic heterocycles. The lowest BCUT2D eigenvalue weighted by Crippen LogP contribution is -2.34. The Morgan fingerprint density at radius 1 is 1.03 bits per heavy atom. The van der Waals surface area contributed by atoms with E-state index in [1.165, 1.54) is 49.6 Å². The summed E-state index contributed by atoms with van der Waals surface area (Å²) in [5.41, 5.74) is 0.0654. The van der Waals surface area contributed by atoms with Crippen LogP contribution in [-0.4, -0.2) is 25.3 Å². The number of alkyl halides is 3. The van der Waals surface area contributed by atoms with E-state index in [0.717, 1.165) is 5.56 Å². The molecule has 5 rings (SSSR count). The van der Waals surface area contributed by atoms with Gasteiger partial charge in [0, 0.05) is 19.2 Å². The first-order valence-electron chi connectivity index (χ1n) is 11.3. The van der Waals surface area contributed by atoms with Crippen LogP contribution in [-0.2, 0) is 19.1 Å². The maximum atomic E-state index is 14.0. The van der Waals surface area contributed by atoms with Gasteiger partial charge in [-0.1, -0.05) is 18.2 Å². The van der Waals surface area contributed by atoms with Gasteiger partial charge in [0.05, 0.1) is 18.1 Å². The third-order valence-electron chi connectivity index (χ3n) is 6.01. The molecule has 0 unspecified atom stereocenters. The van der Waals surface area contributed by atoms with Crippen LogP contribution in [0.5, 0.6) is 23.0 Å². The minimum Gasteiger partial charge on any atom is -0.497 e. The average molecular weight is 515 g/mol. The van der Waals surface area contributed by atoms with Gasteiger partial charge in [-0.2, -0.15) is 13.2 Å². The van der Waals surface area contributed by atoms with E-state index >= 15 is 0 Å². The summed E-state index contributed by atoms with van der Waals surface area (Å²) < 4.78 is 76.9. The molecule has 0 spiro atoms. The lowest BCUT2D eigenvalue weighted by Gasteiger charge is -2.29. The molecule has 6 nitrogen and oxygen atoms in total.